The fourth-order valence-electron chi connectivity index (χ4n) is 1.72. The van der Waals surface area contributed by atoms with Crippen molar-refractivity contribution in [2.45, 2.75) is 31.6 Å². The van der Waals surface area contributed by atoms with Crippen LogP contribution in [0.5, 0.6) is 5.75 Å². The van der Waals surface area contributed by atoms with Crippen LogP contribution in [0.25, 0.3) is 0 Å². The van der Waals surface area contributed by atoms with Crippen molar-refractivity contribution in [3.8, 4) is 5.75 Å². The van der Waals surface area contributed by atoms with Crippen molar-refractivity contribution in [2.24, 2.45) is 5.92 Å². The van der Waals surface area contributed by atoms with Crippen LogP contribution >= 0.6 is 15.9 Å². The summed E-state index contributed by atoms with van der Waals surface area (Å²) in [5, 5.41) is 2.85. The van der Waals surface area contributed by atoms with Crippen LogP contribution in [-0.2, 0) is 4.79 Å². The number of carbonyl (C=O) groups is 1. The average Bonchev–Trinajstić information content (AvgIpc) is 2.37. The van der Waals surface area contributed by atoms with E-state index >= 15 is 0 Å². The van der Waals surface area contributed by atoms with E-state index in [0.29, 0.717) is 11.3 Å². The molecule has 0 aliphatic rings. The van der Waals surface area contributed by atoms with Gasteiger partial charge in [-0.15, -0.1) is 0 Å². The monoisotopic (exact) mass is 331 g/mol. The minimum Gasteiger partial charge on any atom is -0.496 e. The predicted molar refractivity (Wildman–Crippen MR) is 77.1 cm³/mol. The molecule has 0 heterocycles. The second-order valence-corrected chi connectivity index (χ2v) is 5.75. The van der Waals surface area contributed by atoms with Crippen molar-refractivity contribution in [3.05, 3.63) is 29.6 Å². The lowest BCUT2D eigenvalue weighted by atomic mass is 10.1. The Balaban J connectivity index is 2.86. The van der Waals surface area contributed by atoms with Gasteiger partial charge >= 0.3 is 0 Å². The van der Waals surface area contributed by atoms with Gasteiger partial charge in [0.2, 0.25) is 5.91 Å². The summed E-state index contributed by atoms with van der Waals surface area (Å²) in [5.41, 5.74) is 0.624. The van der Waals surface area contributed by atoms with E-state index in [1.807, 2.05) is 13.8 Å². The van der Waals surface area contributed by atoms with E-state index in [1.54, 1.807) is 13.0 Å². The zero-order valence-corrected chi connectivity index (χ0v) is 13.1. The third-order valence-corrected chi connectivity index (χ3v) is 4.33. The molecule has 0 saturated carbocycles. The van der Waals surface area contributed by atoms with Gasteiger partial charge in [0.15, 0.2) is 0 Å². The zero-order valence-electron chi connectivity index (χ0n) is 11.5. The first-order valence-corrected chi connectivity index (χ1v) is 7.06. The van der Waals surface area contributed by atoms with E-state index in [0.717, 1.165) is 0 Å². The highest BCUT2D eigenvalue weighted by Crippen LogP contribution is 2.26. The summed E-state index contributed by atoms with van der Waals surface area (Å²) in [7, 11) is 1.52. The number of halogens is 2. The molecule has 0 bridgehead atoms. The van der Waals surface area contributed by atoms with E-state index in [-0.39, 0.29) is 28.5 Å². The number of hydrogen-bond donors (Lipinski definition) is 1. The Morgan fingerprint density at radius 2 is 2.00 bits per heavy atom. The molecule has 1 aromatic rings. The highest BCUT2D eigenvalue weighted by molar-refractivity contribution is 9.10. The van der Waals surface area contributed by atoms with Crippen molar-refractivity contribution in [3.63, 3.8) is 0 Å². The predicted octanol–water partition coefficient (Wildman–Crippen LogP) is 3.43. The molecule has 0 aliphatic heterocycles. The first-order valence-electron chi connectivity index (χ1n) is 6.14. The molecule has 0 aromatic heterocycles. The van der Waals surface area contributed by atoms with Crippen LogP contribution < -0.4 is 10.1 Å². The number of hydrogen-bond acceptors (Lipinski definition) is 2. The molecule has 0 fully saturated rings. The molecule has 0 saturated heterocycles. The first-order chi connectivity index (χ1) is 8.86. The van der Waals surface area contributed by atoms with E-state index in [9.17, 15) is 9.18 Å². The Labute approximate surface area is 121 Å². The molecule has 106 valence electrons. The Kier molecular flexibility index (Phi) is 5.79. The van der Waals surface area contributed by atoms with Gasteiger partial charge in [0.05, 0.1) is 18.0 Å². The van der Waals surface area contributed by atoms with E-state index < -0.39 is 0 Å². The summed E-state index contributed by atoms with van der Waals surface area (Å²) >= 11 is 3.34. The molecule has 19 heavy (non-hydrogen) atoms. The van der Waals surface area contributed by atoms with Gasteiger partial charge in [-0.05, 0) is 31.0 Å². The summed E-state index contributed by atoms with van der Waals surface area (Å²) < 4.78 is 18.5. The van der Waals surface area contributed by atoms with Crippen molar-refractivity contribution in [1.29, 1.82) is 0 Å². The quantitative estimate of drug-likeness (QED) is 0.839. The maximum atomic E-state index is 13.3. The van der Waals surface area contributed by atoms with Crippen LogP contribution in [0.15, 0.2) is 18.2 Å². The SMILES string of the molecule is COc1ccc(F)cc1C(C)NC(=O)C(Br)C(C)C. The van der Waals surface area contributed by atoms with Gasteiger partial charge in [0.1, 0.15) is 11.6 Å². The Morgan fingerprint density at radius 3 is 2.53 bits per heavy atom. The van der Waals surface area contributed by atoms with E-state index in [1.165, 1.54) is 19.2 Å². The number of methoxy groups -OCH3 is 1. The molecule has 5 heteroatoms. The number of carbonyl (C=O) groups excluding carboxylic acids is 1. The molecular formula is C14H19BrFNO2. The van der Waals surface area contributed by atoms with Gasteiger partial charge in [-0.3, -0.25) is 4.79 Å². The summed E-state index contributed by atoms with van der Waals surface area (Å²) in [5.74, 6) is 0.274. The van der Waals surface area contributed by atoms with Crippen molar-refractivity contribution >= 4 is 21.8 Å². The smallest absolute Gasteiger partial charge is 0.234 e. The zero-order chi connectivity index (χ0) is 14.6. The largest absolute Gasteiger partial charge is 0.496 e. The van der Waals surface area contributed by atoms with Crippen LogP contribution in [0.4, 0.5) is 4.39 Å². The molecule has 1 aromatic carbocycles. The minimum atomic E-state index is -0.351. The minimum absolute atomic E-state index is 0.117. The van der Waals surface area contributed by atoms with E-state index in [4.69, 9.17) is 4.74 Å². The Morgan fingerprint density at radius 1 is 1.37 bits per heavy atom. The van der Waals surface area contributed by atoms with Gasteiger partial charge in [0, 0.05) is 5.56 Å². The van der Waals surface area contributed by atoms with Gasteiger partial charge in [0.25, 0.3) is 0 Å². The van der Waals surface area contributed by atoms with Crippen LogP contribution in [-0.4, -0.2) is 17.8 Å². The van der Waals surface area contributed by atoms with Gasteiger partial charge in [-0.1, -0.05) is 29.8 Å². The Bertz CT molecular complexity index is 451. The number of rotatable bonds is 5. The number of benzene rings is 1. The average molecular weight is 332 g/mol. The molecule has 0 radical (unpaired) electrons. The number of nitrogens with one attached hydrogen (secondary N) is 1. The second-order valence-electron chi connectivity index (χ2n) is 4.76. The summed E-state index contributed by atoms with van der Waals surface area (Å²) in [6.45, 7) is 5.70. The van der Waals surface area contributed by atoms with Gasteiger partial charge in [-0.2, -0.15) is 0 Å². The number of alkyl halides is 1. The van der Waals surface area contributed by atoms with Crippen LogP contribution in [0.2, 0.25) is 0 Å². The summed E-state index contributed by atoms with van der Waals surface area (Å²) in [4.78, 5) is 11.7. The molecule has 0 aliphatic carbocycles. The Hall–Kier alpha value is -1.10. The second kappa shape index (κ2) is 6.89. The van der Waals surface area contributed by atoms with Crippen molar-refractivity contribution in [1.82, 2.24) is 5.32 Å². The van der Waals surface area contributed by atoms with Crippen LogP contribution in [0, 0.1) is 11.7 Å². The van der Waals surface area contributed by atoms with Crippen LogP contribution in [0.1, 0.15) is 32.4 Å². The topological polar surface area (TPSA) is 38.3 Å². The fraction of sp³-hybridized carbons (Fsp3) is 0.500. The number of ether oxygens (including phenoxy) is 1. The molecule has 3 nitrogen and oxygen atoms in total. The number of amides is 1. The molecular weight excluding hydrogens is 313 g/mol. The third kappa shape index (κ3) is 4.20. The fourth-order valence-corrected chi connectivity index (χ4v) is 1.85. The molecule has 0 spiro atoms. The highest BCUT2D eigenvalue weighted by Gasteiger charge is 2.22. The third-order valence-electron chi connectivity index (χ3n) is 2.85. The van der Waals surface area contributed by atoms with Crippen molar-refractivity contribution < 1.29 is 13.9 Å². The lowest BCUT2D eigenvalue weighted by molar-refractivity contribution is -0.121. The highest BCUT2D eigenvalue weighted by atomic mass is 79.9. The molecule has 1 N–H and O–H groups in total. The van der Waals surface area contributed by atoms with E-state index in [2.05, 4.69) is 21.2 Å². The molecule has 2 atom stereocenters. The first kappa shape index (κ1) is 16.0. The summed E-state index contributed by atoms with van der Waals surface area (Å²) in [6.07, 6.45) is 0. The lowest BCUT2D eigenvalue weighted by Gasteiger charge is -2.20. The standard InChI is InChI=1S/C14H19BrFNO2/c1-8(2)13(15)14(18)17-9(3)11-7-10(16)5-6-12(11)19-4/h5-9,13H,1-4H3,(H,17,18). The van der Waals surface area contributed by atoms with Gasteiger partial charge < -0.3 is 10.1 Å². The lowest BCUT2D eigenvalue weighted by Crippen LogP contribution is -2.35. The summed E-state index contributed by atoms with van der Waals surface area (Å²) in [6, 6.07) is 3.94. The van der Waals surface area contributed by atoms with Crippen molar-refractivity contribution in [2.75, 3.05) is 7.11 Å². The maximum absolute atomic E-state index is 13.3. The normalized spacial score (nSPS) is 14.1. The van der Waals surface area contributed by atoms with Crippen LogP contribution in [0.3, 0.4) is 0 Å². The molecule has 1 rings (SSSR count). The molecule has 1 amide bonds. The molecule has 2 unspecified atom stereocenters. The maximum Gasteiger partial charge on any atom is 0.234 e. The van der Waals surface area contributed by atoms with Gasteiger partial charge in [-0.25, -0.2) is 4.39 Å².